The molecule has 7 heteroatoms. The van der Waals surface area contributed by atoms with Crippen molar-refractivity contribution in [1.82, 2.24) is 19.7 Å². The number of carbonyl (C=O) groups excluding carboxylic acids is 1. The highest BCUT2D eigenvalue weighted by molar-refractivity contribution is 6.04. The third-order valence-electron chi connectivity index (χ3n) is 4.36. The number of nitrogens with zero attached hydrogens (tertiary/aromatic N) is 4. The lowest BCUT2D eigenvalue weighted by Gasteiger charge is -2.13. The van der Waals surface area contributed by atoms with Crippen molar-refractivity contribution in [3.8, 4) is 17.5 Å². The van der Waals surface area contributed by atoms with Crippen LogP contribution >= 0.6 is 0 Å². The first-order chi connectivity index (χ1) is 14.0. The van der Waals surface area contributed by atoms with Crippen molar-refractivity contribution in [3.05, 3.63) is 84.1 Å². The minimum Gasteiger partial charge on any atom is -0.371 e. The zero-order chi connectivity index (χ0) is 20.4. The van der Waals surface area contributed by atoms with Gasteiger partial charge in [0, 0.05) is 23.3 Å². The maximum absolute atomic E-state index is 11.8. The first kappa shape index (κ1) is 18.3. The lowest BCUT2D eigenvalue weighted by atomic mass is 10.1. The second-order valence-corrected chi connectivity index (χ2v) is 6.59. The number of para-hydroxylation sites is 1. The zero-order valence-electron chi connectivity index (χ0n) is 15.6. The fourth-order valence-corrected chi connectivity index (χ4v) is 2.96. The Kier molecular flexibility index (Phi) is 4.55. The molecule has 0 saturated heterocycles. The molecule has 2 aromatic heterocycles. The van der Waals surface area contributed by atoms with Crippen molar-refractivity contribution in [2.75, 3.05) is 0 Å². The minimum atomic E-state index is -1.49. The predicted molar refractivity (Wildman–Crippen MR) is 108 cm³/mol. The maximum atomic E-state index is 11.8. The van der Waals surface area contributed by atoms with Crippen molar-refractivity contribution in [3.63, 3.8) is 0 Å². The van der Waals surface area contributed by atoms with Crippen LogP contribution in [-0.4, -0.2) is 30.8 Å². The van der Waals surface area contributed by atoms with E-state index in [1.807, 2.05) is 42.5 Å². The van der Waals surface area contributed by atoms with E-state index in [1.54, 1.807) is 36.1 Å². The molecular weight excluding hydrogens is 366 g/mol. The summed E-state index contributed by atoms with van der Waals surface area (Å²) < 4.78 is 1.65. The Labute approximate surface area is 166 Å². The van der Waals surface area contributed by atoms with E-state index in [0.29, 0.717) is 10.9 Å². The smallest absolute Gasteiger partial charge is 0.269 e. The van der Waals surface area contributed by atoms with Gasteiger partial charge in [-0.1, -0.05) is 36.1 Å². The molecule has 3 N–H and O–H groups in total. The average molecular weight is 383 g/mol. The van der Waals surface area contributed by atoms with E-state index in [2.05, 4.69) is 26.9 Å². The van der Waals surface area contributed by atoms with Crippen molar-refractivity contribution in [1.29, 1.82) is 0 Å². The summed E-state index contributed by atoms with van der Waals surface area (Å²) in [6, 6.07) is 16.4. The Bertz CT molecular complexity index is 1270. The van der Waals surface area contributed by atoms with Crippen LogP contribution in [0.15, 0.2) is 67.0 Å². The van der Waals surface area contributed by atoms with Gasteiger partial charge < -0.3 is 10.8 Å². The number of fused-ring (bicyclic) bond motifs is 1. The molecule has 1 unspecified atom stereocenters. The van der Waals surface area contributed by atoms with Crippen LogP contribution in [0.1, 0.15) is 28.8 Å². The minimum absolute atomic E-state index is 0.209. The van der Waals surface area contributed by atoms with E-state index in [9.17, 15) is 9.90 Å². The molecule has 0 bridgehead atoms. The number of aliphatic hydroxyl groups is 1. The number of rotatable bonds is 3. The van der Waals surface area contributed by atoms with Gasteiger partial charge in [-0.25, -0.2) is 14.6 Å². The van der Waals surface area contributed by atoms with Crippen molar-refractivity contribution in [2.45, 2.75) is 12.5 Å². The normalized spacial score (nSPS) is 12.8. The third kappa shape index (κ3) is 3.57. The molecular formula is C22H17N5O2. The molecule has 2 heterocycles. The predicted octanol–water partition coefficient (Wildman–Crippen LogP) is 2.17. The van der Waals surface area contributed by atoms with Gasteiger partial charge in [-0.05, 0) is 37.3 Å². The van der Waals surface area contributed by atoms with Gasteiger partial charge in [-0.3, -0.25) is 4.79 Å². The van der Waals surface area contributed by atoms with Gasteiger partial charge in [0.15, 0.2) is 17.1 Å². The summed E-state index contributed by atoms with van der Waals surface area (Å²) in [5, 5.41) is 15.6. The van der Waals surface area contributed by atoms with Crippen LogP contribution < -0.4 is 5.73 Å². The third-order valence-corrected chi connectivity index (χ3v) is 4.36. The van der Waals surface area contributed by atoms with Crippen molar-refractivity contribution < 1.29 is 9.90 Å². The number of benzene rings is 2. The highest BCUT2D eigenvalue weighted by atomic mass is 16.3. The topological polar surface area (TPSA) is 107 Å². The Morgan fingerprint density at radius 3 is 2.62 bits per heavy atom. The lowest BCUT2D eigenvalue weighted by molar-refractivity contribution is 0.0996. The fourth-order valence-electron chi connectivity index (χ4n) is 2.96. The van der Waals surface area contributed by atoms with E-state index in [4.69, 9.17) is 5.73 Å². The molecule has 0 radical (unpaired) electrons. The molecule has 4 aromatic rings. The van der Waals surface area contributed by atoms with Gasteiger partial charge >= 0.3 is 0 Å². The van der Waals surface area contributed by atoms with E-state index >= 15 is 0 Å². The number of hydrogen-bond acceptors (Lipinski definition) is 5. The van der Waals surface area contributed by atoms with Crippen LogP contribution in [0.4, 0.5) is 0 Å². The summed E-state index contributed by atoms with van der Waals surface area (Å²) in [5.74, 6) is 5.41. The largest absolute Gasteiger partial charge is 0.371 e. The molecule has 1 atom stereocenters. The highest BCUT2D eigenvalue weighted by Gasteiger charge is 2.23. The van der Waals surface area contributed by atoms with E-state index in [-0.39, 0.29) is 11.5 Å². The molecule has 2 aromatic carbocycles. The Hall–Kier alpha value is -4.02. The molecule has 0 aliphatic carbocycles. The Morgan fingerprint density at radius 1 is 1.10 bits per heavy atom. The Balaban J connectivity index is 1.75. The number of carbonyl (C=O) groups is 1. The van der Waals surface area contributed by atoms with Gasteiger partial charge in [0.25, 0.3) is 5.91 Å². The number of primary amides is 1. The van der Waals surface area contributed by atoms with Crippen molar-refractivity contribution >= 4 is 16.8 Å². The summed E-state index contributed by atoms with van der Waals surface area (Å²) >= 11 is 0. The van der Waals surface area contributed by atoms with Crippen LogP contribution in [0.5, 0.6) is 0 Å². The second-order valence-electron chi connectivity index (χ2n) is 6.59. The molecule has 1 amide bonds. The molecule has 0 fully saturated rings. The van der Waals surface area contributed by atoms with Crippen LogP contribution in [0, 0.1) is 11.8 Å². The molecule has 0 saturated carbocycles. The first-order valence-electron chi connectivity index (χ1n) is 8.87. The summed E-state index contributed by atoms with van der Waals surface area (Å²) in [4.78, 5) is 19.9. The van der Waals surface area contributed by atoms with Gasteiger partial charge in [0.1, 0.15) is 0 Å². The summed E-state index contributed by atoms with van der Waals surface area (Å²) in [5.41, 5.74) is 6.34. The van der Waals surface area contributed by atoms with Crippen LogP contribution in [-0.2, 0) is 5.60 Å². The molecule has 7 nitrogen and oxygen atoms in total. The molecule has 0 aliphatic heterocycles. The summed E-state index contributed by atoms with van der Waals surface area (Å²) in [7, 11) is 0. The fraction of sp³-hybridized carbons (Fsp3) is 0.0909. The van der Waals surface area contributed by atoms with Crippen molar-refractivity contribution in [2.24, 2.45) is 5.73 Å². The summed E-state index contributed by atoms with van der Waals surface area (Å²) in [6.45, 7) is 1.54. The summed E-state index contributed by atoms with van der Waals surface area (Å²) in [6.07, 6.45) is 3.11. The van der Waals surface area contributed by atoms with Crippen LogP contribution in [0.25, 0.3) is 16.6 Å². The second kappa shape index (κ2) is 7.19. The lowest BCUT2D eigenvalue weighted by Crippen LogP contribution is -2.21. The van der Waals surface area contributed by atoms with Gasteiger partial charge in [0.05, 0.1) is 11.2 Å². The molecule has 0 spiro atoms. The standard InChI is InChI=1S/C22H17N5O2/c1-22(29,21-24-12-5-13-25-21)11-10-15-6-4-7-16(14-15)27-18-9-3-2-8-17(18)19(26-27)20(23)28/h2-9,12-14,29H,1H3,(H2,23,28). The first-order valence-corrected chi connectivity index (χ1v) is 8.87. The molecule has 29 heavy (non-hydrogen) atoms. The van der Waals surface area contributed by atoms with Crippen LogP contribution in [0.2, 0.25) is 0 Å². The van der Waals surface area contributed by atoms with E-state index < -0.39 is 11.5 Å². The number of amides is 1. The number of aromatic nitrogens is 4. The van der Waals surface area contributed by atoms with Crippen LogP contribution in [0.3, 0.4) is 0 Å². The SMILES string of the molecule is CC(O)(C#Cc1cccc(-n2nc(C(N)=O)c3ccccc32)c1)c1ncccn1. The zero-order valence-corrected chi connectivity index (χ0v) is 15.6. The van der Waals surface area contributed by atoms with Gasteiger partial charge in [-0.15, -0.1) is 0 Å². The molecule has 142 valence electrons. The monoisotopic (exact) mass is 383 g/mol. The molecule has 0 aliphatic rings. The maximum Gasteiger partial charge on any atom is 0.269 e. The Morgan fingerprint density at radius 2 is 1.86 bits per heavy atom. The number of hydrogen-bond donors (Lipinski definition) is 2. The van der Waals surface area contributed by atoms with Gasteiger partial charge in [-0.2, -0.15) is 5.10 Å². The number of nitrogens with two attached hydrogens (primary N) is 1. The van der Waals surface area contributed by atoms with Gasteiger partial charge in [0.2, 0.25) is 0 Å². The highest BCUT2D eigenvalue weighted by Crippen LogP contribution is 2.22. The quantitative estimate of drug-likeness (QED) is 0.527. The van der Waals surface area contributed by atoms with E-state index in [1.165, 1.54) is 0 Å². The average Bonchev–Trinajstić information content (AvgIpc) is 3.13. The van der Waals surface area contributed by atoms with E-state index in [0.717, 1.165) is 11.2 Å². The molecule has 4 rings (SSSR count).